The number of rotatable bonds is 2. The zero-order chi connectivity index (χ0) is 12.6. The summed E-state index contributed by atoms with van der Waals surface area (Å²) < 4.78 is 41.0. The number of halogens is 1. The maximum atomic E-state index is 13.2. The molecule has 1 aromatic carbocycles. The third kappa shape index (κ3) is 2.76. The Hall–Kier alpha value is -1.14. The van der Waals surface area contributed by atoms with Crippen LogP contribution in [0, 0.1) is 11.7 Å². The number of sulfonamides is 1. The Balaban J connectivity index is 2.42. The molecule has 6 heteroatoms. The molecule has 2 atom stereocenters. The molecule has 0 aromatic heterocycles. The Morgan fingerprint density at radius 2 is 2.24 bits per heavy atom. The largest absolute Gasteiger partial charge is 0.493 e. The molecule has 0 radical (unpaired) electrons. The SMILES string of the molecule is C[C@@H]1COc2ccc(F)cc2[C@@H]1CS(N)(=O)=O. The van der Waals surface area contributed by atoms with E-state index in [4.69, 9.17) is 9.88 Å². The second kappa shape index (κ2) is 4.27. The molecule has 4 nitrogen and oxygen atoms in total. The molecule has 0 bridgehead atoms. The van der Waals surface area contributed by atoms with E-state index in [0.29, 0.717) is 17.9 Å². The Morgan fingerprint density at radius 3 is 2.88 bits per heavy atom. The van der Waals surface area contributed by atoms with E-state index in [-0.39, 0.29) is 17.6 Å². The number of hydrogen-bond donors (Lipinski definition) is 1. The standard InChI is InChI=1S/C11H14FNO3S/c1-7-5-16-11-3-2-8(12)4-9(11)10(7)6-17(13,14)15/h2-4,7,10H,5-6H2,1H3,(H2,13,14,15)/t7-,10-/m1/s1. The van der Waals surface area contributed by atoms with Gasteiger partial charge in [-0.05, 0) is 24.1 Å². The summed E-state index contributed by atoms with van der Waals surface area (Å²) in [6, 6.07) is 4.14. The summed E-state index contributed by atoms with van der Waals surface area (Å²) in [4.78, 5) is 0. The maximum absolute atomic E-state index is 13.2. The Bertz CT molecular complexity index is 530. The van der Waals surface area contributed by atoms with Crippen molar-refractivity contribution >= 4 is 10.0 Å². The molecule has 0 fully saturated rings. The molecule has 17 heavy (non-hydrogen) atoms. The molecular formula is C11H14FNO3S. The van der Waals surface area contributed by atoms with Gasteiger partial charge in [-0.3, -0.25) is 0 Å². The van der Waals surface area contributed by atoms with Crippen LogP contribution in [0.25, 0.3) is 0 Å². The number of primary sulfonamides is 1. The van der Waals surface area contributed by atoms with Gasteiger partial charge in [0.05, 0.1) is 12.4 Å². The van der Waals surface area contributed by atoms with Crippen LogP contribution in [0.2, 0.25) is 0 Å². The van der Waals surface area contributed by atoms with Crippen molar-refractivity contribution in [2.75, 3.05) is 12.4 Å². The Labute approximate surface area is 99.6 Å². The third-order valence-electron chi connectivity index (χ3n) is 2.97. The van der Waals surface area contributed by atoms with Crippen LogP contribution in [0.4, 0.5) is 4.39 Å². The highest BCUT2D eigenvalue weighted by Crippen LogP contribution is 2.37. The van der Waals surface area contributed by atoms with Crippen molar-refractivity contribution in [1.29, 1.82) is 0 Å². The van der Waals surface area contributed by atoms with Gasteiger partial charge in [-0.2, -0.15) is 0 Å². The molecule has 1 aliphatic heterocycles. The van der Waals surface area contributed by atoms with Gasteiger partial charge in [-0.15, -0.1) is 0 Å². The monoisotopic (exact) mass is 259 g/mol. The van der Waals surface area contributed by atoms with E-state index >= 15 is 0 Å². The van der Waals surface area contributed by atoms with Crippen molar-refractivity contribution in [3.8, 4) is 5.75 Å². The molecule has 94 valence electrons. The van der Waals surface area contributed by atoms with Crippen LogP contribution >= 0.6 is 0 Å². The second-order valence-corrected chi connectivity index (χ2v) is 6.07. The lowest BCUT2D eigenvalue weighted by atomic mass is 9.87. The molecule has 2 rings (SSSR count). The van der Waals surface area contributed by atoms with Crippen molar-refractivity contribution in [3.63, 3.8) is 0 Å². The average Bonchev–Trinajstić information content (AvgIpc) is 2.21. The van der Waals surface area contributed by atoms with E-state index in [2.05, 4.69) is 0 Å². The zero-order valence-corrected chi connectivity index (χ0v) is 10.2. The highest BCUT2D eigenvalue weighted by atomic mass is 32.2. The molecule has 1 aromatic rings. The van der Waals surface area contributed by atoms with Gasteiger partial charge in [0, 0.05) is 11.5 Å². The van der Waals surface area contributed by atoms with Gasteiger partial charge in [0.25, 0.3) is 0 Å². The topological polar surface area (TPSA) is 69.4 Å². The fourth-order valence-corrected chi connectivity index (χ4v) is 3.10. The van der Waals surface area contributed by atoms with Crippen LogP contribution in [-0.2, 0) is 10.0 Å². The van der Waals surface area contributed by atoms with E-state index < -0.39 is 15.8 Å². The van der Waals surface area contributed by atoms with Crippen molar-refractivity contribution in [2.45, 2.75) is 12.8 Å². The highest BCUT2D eigenvalue weighted by Gasteiger charge is 2.31. The van der Waals surface area contributed by atoms with Crippen LogP contribution in [0.1, 0.15) is 18.4 Å². The minimum absolute atomic E-state index is 0.0115. The molecule has 0 saturated heterocycles. The van der Waals surface area contributed by atoms with E-state index in [1.165, 1.54) is 18.2 Å². The highest BCUT2D eigenvalue weighted by molar-refractivity contribution is 7.89. The van der Waals surface area contributed by atoms with Gasteiger partial charge in [-0.25, -0.2) is 17.9 Å². The Kier molecular flexibility index (Phi) is 3.09. The van der Waals surface area contributed by atoms with E-state index in [9.17, 15) is 12.8 Å². The van der Waals surface area contributed by atoms with Crippen molar-refractivity contribution in [1.82, 2.24) is 0 Å². The van der Waals surface area contributed by atoms with Gasteiger partial charge >= 0.3 is 0 Å². The maximum Gasteiger partial charge on any atom is 0.209 e. The van der Waals surface area contributed by atoms with E-state index in [0.717, 1.165) is 0 Å². The Morgan fingerprint density at radius 1 is 1.53 bits per heavy atom. The minimum atomic E-state index is -3.59. The molecule has 0 aliphatic carbocycles. The first-order chi connectivity index (χ1) is 7.87. The molecule has 2 N–H and O–H groups in total. The summed E-state index contributed by atoms with van der Waals surface area (Å²) >= 11 is 0. The van der Waals surface area contributed by atoms with Gasteiger partial charge in [0.2, 0.25) is 10.0 Å². The fourth-order valence-electron chi connectivity index (χ4n) is 2.09. The van der Waals surface area contributed by atoms with Gasteiger partial charge in [-0.1, -0.05) is 6.92 Å². The fraction of sp³-hybridized carbons (Fsp3) is 0.455. The molecule has 0 saturated carbocycles. The normalized spacial score (nSPS) is 23.9. The summed E-state index contributed by atoms with van der Waals surface area (Å²) in [5.41, 5.74) is 0.581. The zero-order valence-electron chi connectivity index (χ0n) is 9.39. The molecular weight excluding hydrogens is 245 g/mol. The van der Waals surface area contributed by atoms with Crippen LogP contribution in [0.3, 0.4) is 0 Å². The minimum Gasteiger partial charge on any atom is -0.493 e. The van der Waals surface area contributed by atoms with Crippen molar-refractivity contribution in [2.24, 2.45) is 11.1 Å². The molecule has 1 heterocycles. The predicted molar refractivity (Wildman–Crippen MR) is 61.8 cm³/mol. The summed E-state index contributed by atoms with van der Waals surface area (Å²) in [6.07, 6.45) is 0. The van der Waals surface area contributed by atoms with Crippen molar-refractivity contribution < 1.29 is 17.5 Å². The quantitative estimate of drug-likeness (QED) is 0.868. The summed E-state index contributed by atoms with van der Waals surface area (Å²) in [5.74, 6) is -0.375. The van der Waals surface area contributed by atoms with Crippen molar-refractivity contribution in [3.05, 3.63) is 29.6 Å². The average molecular weight is 259 g/mol. The lowest BCUT2D eigenvalue weighted by Gasteiger charge is -2.30. The van der Waals surface area contributed by atoms with Gasteiger partial charge in [0.15, 0.2) is 0 Å². The third-order valence-corrected chi connectivity index (χ3v) is 3.80. The molecule has 0 unspecified atom stereocenters. The number of ether oxygens (including phenoxy) is 1. The number of hydrogen-bond acceptors (Lipinski definition) is 3. The molecule has 0 spiro atoms. The number of fused-ring (bicyclic) bond motifs is 1. The lowest BCUT2D eigenvalue weighted by Crippen LogP contribution is -2.31. The summed E-state index contributed by atoms with van der Waals surface area (Å²) in [7, 11) is -3.59. The van der Waals surface area contributed by atoms with E-state index in [1.54, 1.807) is 0 Å². The molecule has 1 aliphatic rings. The van der Waals surface area contributed by atoms with Gasteiger partial charge < -0.3 is 4.74 Å². The summed E-state index contributed by atoms with van der Waals surface area (Å²) in [6.45, 7) is 2.28. The van der Waals surface area contributed by atoms with Crippen LogP contribution in [0.15, 0.2) is 18.2 Å². The van der Waals surface area contributed by atoms with Crippen LogP contribution in [-0.4, -0.2) is 20.8 Å². The second-order valence-electron chi connectivity index (χ2n) is 4.41. The first kappa shape index (κ1) is 12.3. The smallest absolute Gasteiger partial charge is 0.209 e. The summed E-state index contributed by atoms with van der Waals surface area (Å²) in [5, 5.41) is 5.06. The van der Waals surface area contributed by atoms with Gasteiger partial charge in [0.1, 0.15) is 11.6 Å². The van der Waals surface area contributed by atoms with Crippen LogP contribution < -0.4 is 9.88 Å². The number of benzene rings is 1. The first-order valence-corrected chi connectivity index (χ1v) is 7.01. The molecule has 0 amide bonds. The van der Waals surface area contributed by atoms with E-state index in [1.807, 2.05) is 6.92 Å². The van der Waals surface area contributed by atoms with Crippen LogP contribution in [0.5, 0.6) is 5.75 Å². The first-order valence-electron chi connectivity index (χ1n) is 5.29. The number of nitrogens with two attached hydrogens (primary N) is 1. The predicted octanol–water partition coefficient (Wildman–Crippen LogP) is 1.23. The lowest BCUT2D eigenvalue weighted by molar-refractivity contribution is 0.211.